The van der Waals surface area contributed by atoms with Crippen LogP contribution < -0.4 is 5.73 Å². The Labute approximate surface area is 77.1 Å². The lowest BCUT2D eigenvalue weighted by Gasteiger charge is -2.36. The third kappa shape index (κ3) is 3.55. The van der Waals surface area contributed by atoms with Gasteiger partial charge in [0.1, 0.15) is 0 Å². The summed E-state index contributed by atoms with van der Waals surface area (Å²) in [5.41, 5.74) is 5.88. The molecule has 0 aliphatic heterocycles. The molecule has 2 nitrogen and oxygen atoms in total. The predicted molar refractivity (Wildman–Crippen MR) is 55.2 cm³/mol. The van der Waals surface area contributed by atoms with Crippen molar-refractivity contribution in [3.63, 3.8) is 0 Å². The summed E-state index contributed by atoms with van der Waals surface area (Å²) in [5, 5.41) is 0. The van der Waals surface area contributed by atoms with Gasteiger partial charge in [0.25, 0.3) is 0 Å². The summed E-state index contributed by atoms with van der Waals surface area (Å²) in [6.45, 7) is 7.71. The lowest BCUT2D eigenvalue weighted by Crippen LogP contribution is -2.38. The standard InChI is InChI=1S/C10H24N2/c1-9(12(4)5)10(2,3)7-6-8-11/h9H,6-8,11H2,1-5H3. The zero-order chi connectivity index (χ0) is 9.78. The average Bonchev–Trinajstić information content (AvgIpc) is 1.99. The minimum Gasteiger partial charge on any atom is -0.330 e. The molecule has 0 aromatic heterocycles. The van der Waals surface area contributed by atoms with Crippen LogP contribution in [-0.4, -0.2) is 31.6 Å². The minimum absolute atomic E-state index is 0.378. The molecule has 0 heterocycles. The maximum absolute atomic E-state index is 5.50. The molecule has 0 aliphatic rings. The first kappa shape index (κ1) is 11.9. The maximum Gasteiger partial charge on any atom is 0.0112 e. The van der Waals surface area contributed by atoms with Crippen molar-refractivity contribution >= 4 is 0 Å². The number of hydrogen-bond donors (Lipinski definition) is 1. The molecule has 0 aliphatic carbocycles. The highest BCUT2D eigenvalue weighted by molar-refractivity contribution is 4.80. The summed E-state index contributed by atoms with van der Waals surface area (Å²) in [5.74, 6) is 0. The van der Waals surface area contributed by atoms with Crippen LogP contribution in [0.25, 0.3) is 0 Å². The van der Waals surface area contributed by atoms with Crippen molar-refractivity contribution in [1.29, 1.82) is 0 Å². The zero-order valence-electron chi connectivity index (χ0n) is 9.22. The van der Waals surface area contributed by atoms with Crippen molar-refractivity contribution in [2.24, 2.45) is 11.1 Å². The first-order valence-corrected chi connectivity index (χ1v) is 4.78. The van der Waals surface area contributed by atoms with Crippen LogP contribution in [0.2, 0.25) is 0 Å². The molecule has 0 saturated carbocycles. The second-order valence-electron chi connectivity index (χ2n) is 4.52. The highest BCUT2D eigenvalue weighted by atomic mass is 15.1. The molecule has 0 fully saturated rings. The first-order valence-electron chi connectivity index (χ1n) is 4.78. The summed E-state index contributed by atoms with van der Waals surface area (Å²) < 4.78 is 0. The van der Waals surface area contributed by atoms with Gasteiger partial charge >= 0.3 is 0 Å². The molecule has 12 heavy (non-hydrogen) atoms. The molecule has 1 unspecified atom stereocenters. The van der Waals surface area contributed by atoms with Crippen LogP contribution in [0.15, 0.2) is 0 Å². The summed E-state index contributed by atoms with van der Waals surface area (Å²) >= 11 is 0. The third-order valence-electron chi connectivity index (χ3n) is 2.93. The van der Waals surface area contributed by atoms with Crippen LogP contribution in [0, 0.1) is 5.41 Å². The fourth-order valence-corrected chi connectivity index (χ4v) is 1.47. The Kier molecular flexibility index (Phi) is 4.80. The lowest BCUT2D eigenvalue weighted by molar-refractivity contribution is 0.139. The number of nitrogens with two attached hydrogens (primary N) is 1. The Morgan fingerprint density at radius 2 is 1.83 bits per heavy atom. The zero-order valence-corrected chi connectivity index (χ0v) is 9.22. The van der Waals surface area contributed by atoms with Crippen LogP contribution in [0.5, 0.6) is 0 Å². The van der Waals surface area contributed by atoms with Crippen molar-refractivity contribution < 1.29 is 0 Å². The Bertz CT molecular complexity index is 119. The van der Waals surface area contributed by atoms with Crippen LogP contribution in [0.1, 0.15) is 33.6 Å². The van der Waals surface area contributed by atoms with E-state index in [4.69, 9.17) is 5.73 Å². The molecule has 0 aromatic rings. The van der Waals surface area contributed by atoms with Gasteiger partial charge in [-0.25, -0.2) is 0 Å². The molecule has 1 atom stereocenters. The van der Waals surface area contributed by atoms with Gasteiger partial charge in [-0.15, -0.1) is 0 Å². The van der Waals surface area contributed by atoms with Gasteiger partial charge in [-0.1, -0.05) is 13.8 Å². The Morgan fingerprint density at radius 1 is 1.33 bits per heavy atom. The van der Waals surface area contributed by atoms with Gasteiger partial charge in [0.15, 0.2) is 0 Å². The average molecular weight is 172 g/mol. The molecule has 0 radical (unpaired) electrons. The van der Waals surface area contributed by atoms with E-state index in [1.165, 1.54) is 6.42 Å². The van der Waals surface area contributed by atoms with Crippen LogP contribution in [0.3, 0.4) is 0 Å². The van der Waals surface area contributed by atoms with Crippen LogP contribution in [0.4, 0.5) is 0 Å². The second-order valence-corrected chi connectivity index (χ2v) is 4.52. The molecular weight excluding hydrogens is 148 g/mol. The van der Waals surface area contributed by atoms with Crippen LogP contribution in [-0.2, 0) is 0 Å². The van der Waals surface area contributed by atoms with Crippen molar-refractivity contribution in [2.45, 2.75) is 39.7 Å². The molecule has 2 heteroatoms. The molecule has 74 valence electrons. The minimum atomic E-state index is 0.378. The van der Waals surface area contributed by atoms with Gasteiger partial charge in [0, 0.05) is 6.04 Å². The highest BCUT2D eigenvalue weighted by Crippen LogP contribution is 2.28. The smallest absolute Gasteiger partial charge is 0.0112 e. The second kappa shape index (κ2) is 4.83. The van der Waals surface area contributed by atoms with E-state index in [1.807, 2.05) is 0 Å². The molecule has 0 amide bonds. The maximum atomic E-state index is 5.50. The summed E-state index contributed by atoms with van der Waals surface area (Å²) in [6.07, 6.45) is 2.34. The van der Waals surface area contributed by atoms with Crippen molar-refractivity contribution in [2.75, 3.05) is 20.6 Å². The van der Waals surface area contributed by atoms with Gasteiger partial charge in [0.2, 0.25) is 0 Å². The molecular formula is C10H24N2. The van der Waals surface area contributed by atoms with Gasteiger partial charge in [-0.3, -0.25) is 0 Å². The Hall–Kier alpha value is -0.0800. The van der Waals surface area contributed by atoms with E-state index in [9.17, 15) is 0 Å². The van der Waals surface area contributed by atoms with E-state index in [-0.39, 0.29) is 0 Å². The molecule has 0 bridgehead atoms. The Balaban J connectivity index is 3.99. The topological polar surface area (TPSA) is 29.3 Å². The number of nitrogens with zero attached hydrogens (tertiary/aromatic N) is 1. The summed E-state index contributed by atoms with van der Waals surface area (Å²) in [6, 6.07) is 0.615. The predicted octanol–water partition coefficient (Wildman–Crippen LogP) is 1.70. The van der Waals surface area contributed by atoms with E-state index in [0.29, 0.717) is 11.5 Å². The van der Waals surface area contributed by atoms with Crippen molar-refractivity contribution in [3.8, 4) is 0 Å². The van der Waals surface area contributed by atoms with E-state index in [0.717, 1.165) is 13.0 Å². The largest absolute Gasteiger partial charge is 0.330 e. The highest BCUT2D eigenvalue weighted by Gasteiger charge is 2.26. The third-order valence-corrected chi connectivity index (χ3v) is 2.93. The van der Waals surface area contributed by atoms with Crippen LogP contribution >= 0.6 is 0 Å². The molecule has 0 rings (SSSR count). The van der Waals surface area contributed by atoms with Gasteiger partial charge in [-0.2, -0.15) is 0 Å². The molecule has 0 aromatic carbocycles. The fraction of sp³-hybridized carbons (Fsp3) is 1.00. The van der Waals surface area contributed by atoms with Gasteiger partial charge < -0.3 is 10.6 Å². The summed E-state index contributed by atoms with van der Waals surface area (Å²) in [7, 11) is 4.27. The molecule has 0 spiro atoms. The first-order chi connectivity index (χ1) is 5.41. The normalized spacial score (nSPS) is 15.2. The van der Waals surface area contributed by atoms with E-state index in [1.54, 1.807) is 0 Å². The summed E-state index contributed by atoms with van der Waals surface area (Å²) in [4.78, 5) is 2.27. The van der Waals surface area contributed by atoms with E-state index < -0.39 is 0 Å². The fourth-order valence-electron chi connectivity index (χ4n) is 1.47. The van der Waals surface area contributed by atoms with Gasteiger partial charge in [0.05, 0.1) is 0 Å². The quantitative estimate of drug-likeness (QED) is 0.684. The van der Waals surface area contributed by atoms with Gasteiger partial charge in [-0.05, 0) is 45.8 Å². The van der Waals surface area contributed by atoms with E-state index in [2.05, 4.69) is 39.8 Å². The number of rotatable bonds is 5. The monoisotopic (exact) mass is 172 g/mol. The van der Waals surface area contributed by atoms with Crippen molar-refractivity contribution in [3.05, 3.63) is 0 Å². The Morgan fingerprint density at radius 3 is 2.17 bits per heavy atom. The number of hydrogen-bond acceptors (Lipinski definition) is 2. The van der Waals surface area contributed by atoms with Crippen molar-refractivity contribution in [1.82, 2.24) is 4.90 Å². The van der Waals surface area contributed by atoms with E-state index >= 15 is 0 Å². The SMILES string of the molecule is CC(N(C)C)C(C)(C)CCCN. The lowest BCUT2D eigenvalue weighted by atomic mass is 9.80. The molecule has 0 saturated heterocycles. The molecule has 2 N–H and O–H groups in total.